The molecular formula is C80H60N4OPt-2. The number of benzene rings is 11. The summed E-state index contributed by atoms with van der Waals surface area (Å²) in [6.07, 6.45) is 5.69. The smallest absolute Gasteiger partial charge is 0.268 e. The van der Waals surface area contributed by atoms with Gasteiger partial charge in [0.15, 0.2) is 0 Å². The molecule has 0 atom stereocenters. The molecule has 418 valence electrons. The molecule has 86 heavy (non-hydrogen) atoms. The number of pyridine rings is 1. The molecule has 0 aliphatic carbocycles. The van der Waals surface area contributed by atoms with Gasteiger partial charge in [-0.05, 0) is 153 Å². The molecule has 0 unspecified atom stereocenters. The number of nitrogens with zero attached hydrogens (tertiary/aromatic N) is 4. The molecular weight excluding hydrogens is 1230 g/mol. The van der Waals surface area contributed by atoms with Crippen LogP contribution < -0.4 is 9.30 Å². The van der Waals surface area contributed by atoms with Crippen LogP contribution in [-0.4, -0.2) is 14.1 Å². The van der Waals surface area contributed by atoms with E-state index in [1.165, 1.54) is 0 Å². The van der Waals surface area contributed by atoms with Crippen LogP contribution in [0.2, 0.25) is 0 Å². The van der Waals surface area contributed by atoms with Crippen LogP contribution in [0.25, 0.3) is 128 Å². The standard InChI is InChI=1S/C80H60N4O.Pt/c1-79(2,3)59-37-34-54(35-38-59)64-29-18-30-71-72-47-55(58-45-56(52-20-9-7-10-21-52)44-57(46-58)53-22-11-8-12-23-53)36-40-67(72)65-26-13-14-27-66(65)70-31-19-33-74-78(70)83(77(64)71)51-82(74)61-24-17-25-62(49-61)85-63-39-41-69-68-28-15-16-32-73(68)84(75(69)50-63)76-48-60(42-43-81-76)80(4,5)6;/h7-48H,1-6H3;/q-2;/i7D,8D,9D,10D,11D,12D,20D,21D,22D,23D,44D,45D,46D;. The SMILES string of the molecule is [2H]c1c([2H])c([2H])c(-c2c([2H])c(-c3ccc4c(c3)-c3cccc(-c5ccc(C(C)(C)C)cc5)c3-[n+]3[c-]n(-c5[c-]c(Oc6[c-]c7c(cc6)c6ccccc6n7-c6cc(C(C)(C)C)ccn6)ccc5)c5cccc(c53)-c3ccccc3-4)c([2H])c(-c3c([2H])c([2H])c([2H])c([2H])c3[2H])c2[2H])c([2H])c1[2H].[Pt]. The zero-order chi connectivity index (χ0) is 68.9. The predicted octanol–water partition coefficient (Wildman–Crippen LogP) is 20.2. The maximum Gasteiger partial charge on any atom is 0.268 e. The number of hydrogen-bond acceptors (Lipinski definition) is 2. The Hall–Kier alpha value is -9.67. The van der Waals surface area contributed by atoms with Crippen LogP contribution in [-0.2, 0) is 31.9 Å². The summed E-state index contributed by atoms with van der Waals surface area (Å²) in [5, 5.41) is 2.05. The number of para-hydroxylation sites is 3. The fraction of sp³-hybridized carbons (Fsp3) is 0.100. The van der Waals surface area contributed by atoms with E-state index < -0.39 is 101 Å². The van der Waals surface area contributed by atoms with Crippen molar-refractivity contribution in [3.8, 4) is 107 Å². The number of aromatic nitrogens is 4. The van der Waals surface area contributed by atoms with Crippen molar-refractivity contribution in [1.82, 2.24) is 14.1 Å². The molecule has 11 aromatic carbocycles. The predicted molar refractivity (Wildman–Crippen MR) is 349 cm³/mol. The Morgan fingerprint density at radius 3 is 1.76 bits per heavy atom. The number of imidazole rings is 1. The largest absolute Gasteiger partial charge is 0.510 e. The second-order valence-corrected chi connectivity index (χ2v) is 23.4. The Labute approximate surface area is 535 Å². The van der Waals surface area contributed by atoms with E-state index in [1.54, 1.807) is 6.07 Å². The normalized spacial score (nSPS) is 14.1. The van der Waals surface area contributed by atoms with Gasteiger partial charge >= 0.3 is 0 Å². The van der Waals surface area contributed by atoms with E-state index >= 15 is 0 Å². The fourth-order valence-corrected chi connectivity index (χ4v) is 11.7. The zero-order valence-corrected chi connectivity index (χ0v) is 50.0. The third-order valence-electron chi connectivity index (χ3n) is 16.0. The Bertz CT molecular complexity index is 5600. The molecule has 4 heterocycles. The van der Waals surface area contributed by atoms with Crippen LogP contribution in [0.5, 0.6) is 11.5 Å². The quantitative estimate of drug-likeness (QED) is 0.112. The summed E-state index contributed by atoms with van der Waals surface area (Å²) in [6.45, 7) is 13.1. The maximum absolute atomic E-state index is 10.1. The van der Waals surface area contributed by atoms with Gasteiger partial charge in [0.2, 0.25) is 0 Å². The van der Waals surface area contributed by atoms with Crippen molar-refractivity contribution < 1.29 is 48.2 Å². The van der Waals surface area contributed by atoms with Crippen LogP contribution in [0, 0.1) is 18.5 Å². The minimum atomic E-state index is -0.738. The second-order valence-electron chi connectivity index (χ2n) is 23.4. The number of ether oxygens (including phenoxy) is 1. The van der Waals surface area contributed by atoms with Crippen LogP contribution in [0.4, 0.5) is 0 Å². The first-order chi connectivity index (χ1) is 46.8. The van der Waals surface area contributed by atoms with Gasteiger partial charge in [-0.3, -0.25) is 4.57 Å². The number of rotatable bonds is 8. The van der Waals surface area contributed by atoms with Gasteiger partial charge in [0.25, 0.3) is 6.33 Å². The van der Waals surface area contributed by atoms with Gasteiger partial charge in [-0.25, -0.2) is 4.98 Å². The molecule has 6 heteroatoms. The Kier molecular flexibility index (Phi) is 10.3. The average Bonchev–Trinajstić information content (AvgIpc) is 1.72. The summed E-state index contributed by atoms with van der Waals surface area (Å²) in [4.78, 5) is 4.88. The molecule has 3 aromatic heterocycles. The summed E-state index contributed by atoms with van der Waals surface area (Å²) in [5.74, 6) is 1.66. The molecule has 14 aromatic rings. The van der Waals surface area contributed by atoms with E-state index in [0.29, 0.717) is 34.0 Å². The molecule has 1 aliphatic heterocycles. The monoisotopic (exact) mass is 1300 g/mol. The molecule has 0 N–H and O–H groups in total. The first-order valence-electron chi connectivity index (χ1n) is 34.7. The minimum absolute atomic E-state index is 0. The van der Waals surface area contributed by atoms with Gasteiger partial charge < -0.3 is 13.9 Å². The molecule has 0 bridgehead atoms. The molecule has 5 nitrogen and oxygen atoms in total. The number of hydrogen-bond donors (Lipinski definition) is 0. The number of fused-ring (bicyclic) bond motifs is 10. The summed E-state index contributed by atoms with van der Waals surface area (Å²) < 4.78 is 132. The van der Waals surface area contributed by atoms with Gasteiger partial charge in [-0.1, -0.05) is 223 Å². The van der Waals surface area contributed by atoms with Crippen molar-refractivity contribution in [2.45, 2.75) is 52.4 Å². The first kappa shape index (κ1) is 41.4. The van der Waals surface area contributed by atoms with E-state index in [1.807, 2.05) is 102 Å². The molecule has 15 rings (SSSR count). The Balaban J connectivity index is 0.00000836. The average molecular weight is 1300 g/mol. The van der Waals surface area contributed by atoms with Crippen molar-refractivity contribution in [3.63, 3.8) is 0 Å². The van der Waals surface area contributed by atoms with Crippen molar-refractivity contribution in [3.05, 3.63) is 284 Å². The fourth-order valence-electron chi connectivity index (χ4n) is 11.7. The van der Waals surface area contributed by atoms with E-state index in [4.69, 9.17) is 23.4 Å². The summed E-state index contributed by atoms with van der Waals surface area (Å²) >= 11 is 0. The summed E-state index contributed by atoms with van der Waals surface area (Å²) in [6, 6.07) is 54.4. The van der Waals surface area contributed by atoms with Gasteiger partial charge in [-0.2, -0.15) is 18.2 Å². The molecule has 0 saturated carbocycles. The van der Waals surface area contributed by atoms with Crippen molar-refractivity contribution in [1.29, 1.82) is 0 Å². The zero-order valence-electron chi connectivity index (χ0n) is 60.8. The molecule has 0 radical (unpaired) electrons. The van der Waals surface area contributed by atoms with Crippen LogP contribution in [0.15, 0.2) is 255 Å². The van der Waals surface area contributed by atoms with Crippen LogP contribution >= 0.6 is 0 Å². The third-order valence-corrected chi connectivity index (χ3v) is 16.0. The van der Waals surface area contributed by atoms with Gasteiger partial charge in [0.1, 0.15) is 5.82 Å². The molecule has 1 aliphatic rings. The molecule has 0 spiro atoms. The van der Waals surface area contributed by atoms with Gasteiger partial charge in [0, 0.05) is 44.3 Å². The van der Waals surface area contributed by atoms with Crippen LogP contribution in [0.3, 0.4) is 0 Å². The molecule has 0 fully saturated rings. The maximum atomic E-state index is 10.1. The van der Waals surface area contributed by atoms with E-state index in [0.717, 1.165) is 83.2 Å². The summed E-state index contributed by atoms with van der Waals surface area (Å²) in [7, 11) is 0. The Morgan fingerprint density at radius 1 is 0.453 bits per heavy atom. The van der Waals surface area contributed by atoms with E-state index in [-0.39, 0.29) is 43.0 Å². The van der Waals surface area contributed by atoms with Crippen LogP contribution in [0.1, 0.15) is 70.5 Å². The Morgan fingerprint density at radius 2 is 1.03 bits per heavy atom. The second kappa shape index (κ2) is 21.4. The molecule has 0 amide bonds. The van der Waals surface area contributed by atoms with E-state index in [9.17, 15) is 4.11 Å². The van der Waals surface area contributed by atoms with Gasteiger partial charge in [-0.15, -0.1) is 29.7 Å². The van der Waals surface area contributed by atoms with Crippen molar-refractivity contribution in [2.75, 3.05) is 0 Å². The first-order valence-corrected chi connectivity index (χ1v) is 28.2. The van der Waals surface area contributed by atoms with Crippen molar-refractivity contribution in [2.24, 2.45) is 0 Å². The van der Waals surface area contributed by atoms with E-state index in [2.05, 4.69) is 142 Å². The topological polar surface area (TPSA) is 35.9 Å². The minimum Gasteiger partial charge on any atom is -0.510 e. The van der Waals surface area contributed by atoms with Gasteiger partial charge in [0.05, 0.1) is 34.5 Å². The summed E-state index contributed by atoms with van der Waals surface area (Å²) in [5.41, 5.74) is 10.9. The van der Waals surface area contributed by atoms with Crippen molar-refractivity contribution >= 4 is 32.8 Å². The third kappa shape index (κ3) is 9.57. The molecule has 0 saturated heterocycles.